The Kier molecular flexibility index (Phi) is 7.19. The lowest BCUT2D eigenvalue weighted by atomic mass is 10.1. The molecule has 4 aromatic rings. The number of para-hydroxylation sites is 1. The summed E-state index contributed by atoms with van der Waals surface area (Å²) in [6.45, 7) is 1.86. The number of furan rings is 1. The first-order valence-corrected chi connectivity index (χ1v) is 11.5. The van der Waals surface area contributed by atoms with Gasteiger partial charge in [0.25, 0.3) is 5.91 Å². The first kappa shape index (κ1) is 23.8. The van der Waals surface area contributed by atoms with Gasteiger partial charge in [0.2, 0.25) is 5.88 Å². The number of hydrogen-bond donors (Lipinski definition) is 1. The van der Waals surface area contributed by atoms with Crippen molar-refractivity contribution in [3.05, 3.63) is 87.7 Å². The van der Waals surface area contributed by atoms with Gasteiger partial charge in [-0.05, 0) is 64.3 Å². The zero-order valence-corrected chi connectivity index (χ0v) is 20.7. The fraction of sp³-hybridized carbons (Fsp3) is 0.231. The zero-order valence-electron chi connectivity index (χ0n) is 19.1. The van der Waals surface area contributed by atoms with Gasteiger partial charge in [0.1, 0.15) is 28.8 Å². The SMILES string of the molecule is COc1ccc(CN(C(=O)c2ccc(Br)c(OC)n2)C(CO)c2cc3cccc(C)c3o2)cc1. The molecule has 7 nitrogen and oxygen atoms in total. The highest BCUT2D eigenvalue weighted by Crippen LogP contribution is 2.32. The standard InChI is InChI=1S/C26H25BrN2O5/c1-16-5-4-6-18-13-23(34-24(16)18)22(15-30)29(14-17-7-9-19(32-2)10-8-17)26(31)21-12-11-20(27)25(28-21)33-3/h4-13,22,30H,14-15H2,1-3H3. The van der Waals surface area contributed by atoms with E-state index in [2.05, 4.69) is 20.9 Å². The third-order valence-corrected chi connectivity index (χ3v) is 6.24. The average Bonchev–Trinajstić information content (AvgIpc) is 3.29. The lowest BCUT2D eigenvalue weighted by molar-refractivity contribution is 0.0525. The highest BCUT2D eigenvalue weighted by atomic mass is 79.9. The summed E-state index contributed by atoms with van der Waals surface area (Å²) >= 11 is 3.37. The first-order valence-electron chi connectivity index (χ1n) is 10.7. The Bertz CT molecular complexity index is 1300. The lowest BCUT2D eigenvalue weighted by Gasteiger charge is -2.29. The molecule has 0 saturated carbocycles. The summed E-state index contributed by atoms with van der Waals surface area (Å²) in [7, 11) is 3.09. The number of benzene rings is 2. The van der Waals surface area contributed by atoms with Crippen molar-refractivity contribution in [1.29, 1.82) is 0 Å². The van der Waals surface area contributed by atoms with Gasteiger partial charge >= 0.3 is 0 Å². The predicted octanol–water partition coefficient (Wildman–Crippen LogP) is 5.29. The lowest BCUT2D eigenvalue weighted by Crippen LogP contribution is -2.36. The molecule has 0 bridgehead atoms. The minimum Gasteiger partial charge on any atom is -0.497 e. The van der Waals surface area contributed by atoms with Gasteiger partial charge in [0.15, 0.2) is 0 Å². The summed E-state index contributed by atoms with van der Waals surface area (Å²) in [4.78, 5) is 19.6. The number of carbonyl (C=O) groups excluding carboxylic acids is 1. The minimum atomic E-state index is -0.724. The summed E-state index contributed by atoms with van der Waals surface area (Å²) in [5.41, 5.74) is 2.77. The van der Waals surface area contributed by atoms with E-state index < -0.39 is 6.04 Å². The fourth-order valence-corrected chi connectivity index (χ4v) is 4.20. The molecule has 0 fully saturated rings. The van der Waals surface area contributed by atoms with E-state index in [9.17, 15) is 9.90 Å². The largest absolute Gasteiger partial charge is 0.497 e. The topological polar surface area (TPSA) is 85.0 Å². The summed E-state index contributed by atoms with van der Waals surface area (Å²) < 4.78 is 17.3. The number of carbonyl (C=O) groups is 1. The van der Waals surface area contributed by atoms with E-state index in [1.165, 1.54) is 7.11 Å². The number of aryl methyl sites for hydroxylation is 1. The molecular weight excluding hydrogens is 500 g/mol. The molecule has 8 heteroatoms. The quantitative estimate of drug-likeness (QED) is 0.337. The van der Waals surface area contributed by atoms with E-state index in [4.69, 9.17) is 13.9 Å². The van der Waals surface area contributed by atoms with Crippen molar-refractivity contribution < 1.29 is 23.8 Å². The molecular formula is C26H25BrN2O5. The van der Waals surface area contributed by atoms with Crippen LogP contribution >= 0.6 is 15.9 Å². The maximum absolute atomic E-state index is 13.7. The minimum absolute atomic E-state index is 0.194. The Balaban J connectivity index is 1.77. The van der Waals surface area contributed by atoms with Gasteiger partial charge in [-0.15, -0.1) is 0 Å². The van der Waals surface area contributed by atoms with Crippen molar-refractivity contribution in [3.63, 3.8) is 0 Å². The van der Waals surface area contributed by atoms with Gasteiger partial charge in [0.05, 0.1) is 25.3 Å². The van der Waals surface area contributed by atoms with Crippen LogP contribution in [0.5, 0.6) is 11.6 Å². The molecule has 0 spiro atoms. The number of halogens is 1. The number of nitrogens with zero attached hydrogens (tertiary/aromatic N) is 2. The number of aromatic nitrogens is 1. The predicted molar refractivity (Wildman–Crippen MR) is 132 cm³/mol. The van der Waals surface area contributed by atoms with Crippen LogP contribution < -0.4 is 9.47 Å². The third kappa shape index (κ3) is 4.78. The average molecular weight is 525 g/mol. The molecule has 0 aliphatic rings. The number of aliphatic hydroxyl groups excluding tert-OH is 1. The molecule has 1 atom stereocenters. The van der Waals surface area contributed by atoms with Crippen molar-refractivity contribution in [2.24, 2.45) is 0 Å². The van der Waals surface area contributed by atoms with E-state index in [0.717, 1.165) is 22.1 Å². The maximum Gasteiger partial charge on any atom is 0.273 e. The number of rotatable bonds is 8. The summed E-state index contributed by atoms with van der Waals surface area (Å²) in [5.74, 6) is 1.15. The molecule has 34 heavy (non-hydrogen) atoms. The van der Waals surface area contributed by atoms with E-state index in [1.807, 2.05) is 55.5 Å². The second-order valence-electron chi connectivity index (χ2n) is 7.81. The zero-order chi connectivity index (χ0) is 24.2. The van der Waals surface area contributed by atoms with Crippen molar-refractivity contribution in [2.45, 2.75) is 19.5 Å². The Morgan fingerprint density at radius 1 is 1.12 bits per heavy atom. The fourth-order valence-electron chi connectivity index (χ4n) is 3.82. The Labute approximate surface area is 206 Å². The molecule has 0 saturated heterocycles. The van der Waals surface area contributed by atoms with Crippen LogP contribution in [0.3, 0.4) is 0 Å². The summed E-state index contributed by atoms with van der Waals surface area (Å²) in [6.07, 6.45) is 0. The second-order valence-corrected chi connectivity index (χ2v) is 8.66. The highest BCUT2D eigenvalue weighted by Gasteiger charge is 2.30. The number of amides is 1. The number of fused-ring (bicyclic) bond motifs is 1. The van der Waals surface area contributed by atoms with Crippen molar-refractivity contribution in [2.75, 3.05) is 20.8 Å². The first-order chi connectivity index (χ1) is 16.4. The Hall–Kier alpha value is -3.36. The molecule has 176 valence electrons. The summed E-state index contributed by atoms with van der Waals surface area (Å²) in [6, 6.07) is 17.7. The van der Waals surface area contributed by atoms with Gasteiger partial charge in [-0.25, -0.2) is 4.98 Å². The van der Waals surface area contributed by atoms with Crippen LogP contribution in [0, 0.1) is 6.92 Å². The van der Waals surface area contributed by atoms with E-state index >= 15 is 0 Å². The van der Waals surface area contributed by atoms with Gasteiger partial charge < -0.3 is 23.9 Å². The molecule has 2 aromatic heterocycles. The molecule has 1 N–H and O–H groups in total. The Morgan fingerprint density at radius 3 is 2.53 bits per heavy atom. The number of pyridine rings is 1. The van der Waals surface area contributed by atoms with Gasteiger partial charge in [-0.3, -0.25) is 4.79 Å². The number of ether oxygens (including phenoxy) is 2. The molecule has 0 radical (unpaired) electrons. The summed E-state index contributed by atoms with van der Waals surface area (Å²) in [5, 5.41) is 11.3. The number of methoxy groups -OCH3 is 2. The van der Waals surface area contributed by atoms with Crippen LogP contribution in [0.1, 0.15) is 33.4 Å². The van der Waals surface area contributed by atoms with E-state index in [-0.39, 0.29) is 24.8 Å². The molecule has 1 amide bonds. The molecule has 2 heterocycles. The number of hydrogen-bond acceptors (Lipinski definition) is 6. The van der Waals surface area contributed by atoms with E-state index in [0.29, 0.717) is 21.9 Å². The second kappa shape index (κ2) is 10.3. The van der Waals surface area contributed by atoms with E-state index in [1.54, 1.807) is 24.1 Å². The molecule has 0 aliphatic heterocycles. The van der Waals surface area contributed by atoms with Crippen LogP contribution in [-0.4, -0.2) is 41.7 Å². The van der Waals surface area contributed by atoms with Crippen LogP contribution in [0.2, 0.25) is 0 Å². The van der Waals surface area contributed by atoms with Crippen molar-refractivity contribution in [3.8, 4) is 11.6 Å². The van der Waals surface area contributed by atoms with Crippen LogP contribution in [0.4, 0.5) is 0 Å². The van der Waals surface area contributed by atoms with Crippen molar-refractivity contribution in [1.82, 2.24) is 9.88 Å². The molecule has 2 aromatic carbocycles. The molecule has 0 aliphatic carbocycles. The molecule has 4 rings (SSSR count). The Morgan fingerprint density at radius 2 is 1.88 bits per heavy atom. The van der Waals surface area contributed by atoms with Gasteiger partial charge in [0, 0.05) is 11.9 Å². The van der Waals surface area contributed by atoms with Gasteiger partial charge in [-0.2, -0.15) is 0 Å². The van der Waals surface area contributed by atoms with Crippen LogP contribution in [0.25, 0.3) is 11.0 Å². The monoisotopic (exact) mass is 524 g/mol. The highest BCUT2D eigenvalue weighted by molar-refractivity contribution is 9.10. The third-order valence-electron chi connectivity index (χ3n) is 5.64. The van der Waals surface area contributed by atoms with Gasteiger partial charge in [-0.1, -0.05) is 30.3 Å². The normalized spacial score (nSPS) is 11.9. The van der Waals surface area contributed by atoms with Crippen LogP contribution in [-0.2, 0) is 6.54 Å². The van der Waals surface area contributed by atoms with Crippen LogP contribution in [0.15, 0.2) is 69.6 Å². The maximum atomic E-state index is 13.7. The smallest absolute Gasteiger partial charge is 0.273 e. The number of aliphatic hydroxyl groups is 1. The van der Waals surface area contributed by atoms with Crippen molar-refractivity contribution >= 4 is 32.8 Å². The molecule has 1 unspecified atom stereocenters.